The van der Waals surface area contributed by atoms with Crippen LogP contribution >= 0.6 is 54.5 Å². The SMILES string of the molecule is Brc1ccc([I+]c2ccc(Br)cc2)cc1.Cc1cc(C)c([I+]c2ccc(I)cc2)c(C)c1.Cc1cccc([I+]c2c(C)cc(C)cc2C)c1.[I-].[I-].[I-]. The van der Waals surface area contributed by atoms with Gasteiger partial charge in [0.1, 0.15) is 0 Å². The largest absolute Gasteiger partial charge is 1.00 e. The molecule has 0 radical (unpaired) electrons. The first-order chi connectivity index (χ1) is 23.4. The zero-order valence-corrected chi connectivity index (χ0v) is 48.2. The third-order valence-electron chi connectivity index (χ3n) is 7.18. The topological polar surface area (TPSA) is 0 Å². The maximum Gasteiger partial charge on any atom is 0.358 e. The van der Waals surface area contributed by atoms with Crippen LogP contribution in [0.2, 0.25) is 0 Å². The maximum absolute atomic E-state index is 3.45. The first kappa shape index (κ1) is 51.4. The fraction of sp³-hybridized carbons (Fsp3) is 0.163. The third kappa shape index (κ3) is 17.9. The lowest BCUT2D eigenvalue weighted by molar-refractivity contribution is -0.599. The molecule has 0 saturated carbocycles. The fourth-order valence-corrected chi connectivity index (χ4v) is 13.5. The summed E-state index contributed by atoms with van der Waals surface area (Å²) in [5.74, 6) is 0. The van der Waals surface area contributed by atoms with Crippen molar-refractivity contribution >= 4 is 54.5 Å². The van der Waals surface area contributed by atoms with E-state index in [2.05, 4.69) is 224 Å². The van der Waals surface area contributed by atoms with Crippen molar-refractivity contribution in [2.45, 2.75) is 48.5 Å². The maximum atomic E-state index is 3.45. The number of halogens is 9. The lowest BCUT2D eigenvalue weighted by atomic mass is 10.1. The summed E-state index contributed by atoms with van der Waals surface area (Å²) in [5.41, 5.74) is 9.92. The van der Waals surface area contributed by atoms with Crippen LogP contribution in [0.1, 0.15) is 38.9 Å². The minimum absolute atomic E-state index is 0. The van der Waals surface area contributed by atoms with E-state index in [4.69, 9.17) is 0 Å². The van der Waals surface area contributed by atoms with Gasteiger partial charge in [-0.15, -0.1) is 0 Å². The smallest absolute Gasteiger partial charge is 0.358 e. The summed E-state index contributed by atoms with van der Waals surface area (Å²) in [6, 6.07) is 44.3. The molecule has 0 fully saturated rings. The van der Waals surface area contributed by atoms with Crippen molar-refractivity contribution in [3.63, 3.8) is 0 Å². The Kier molecular flexibility index (Phi) is 26.1. The summed E-state index contributed by atoms with van der Waals surface area (Å²) in [6.07, 6.45) is 0. The second-order valence-electron chi connectivity index (χ2n) is 11.8. The minimum atomic E-state index is -0.0443. The Labute approximate surface area is 425 Å². The van der Waals surface area contributed by atoms with Crippen LogP contribution < -0.4 is 136 Å². The van der Waals surface area contributed by atoms with Crippen molar-refractivity contribution < 1.29 is 136 Å². The normalized spacial score (nSPS) is 9.88. The number of aryl methyl sites for hydroxylation is 7. The molecule has 0 unspecified atom stereocenters. The van der Waals surface area contributed by atoms with E-state index in [1.165, 1.54) is 56.8 Å². The molecule has 0 bridgehead atoms. The first-order valence-electron chi connectivity index (χ1n) is 15.8. The van der Waals surface area contributed by atoms with Gasteiger partial charge in [0.2, 0.25) is 0 Å². The summed E-state index contributed by atoms with van der Waals surface area (Å²) in [4.78, 5) is 0. The Morgan fingerprint density at radius 1 is 0.385 bits per heavy atom. The van der Waals surface area contributed by atoms with E-state index >= 15 is 0 Å². The number of benzene rings is 6. The number of hydrogen-bond donors (Lipinski definition) is 0. The van der Waals surface area contributed by atoms with E-state index in [1.54, 1.807) is 7.14 Å². The second kappa shape index (κ2) is 26.4. The molecule has 0 aromatic heterocycles. The summed E-state index contributed by atoms with van der Waals surface area (Å²) >= 11 is 9.12. The summed E-state index contributed by atoms with van der Waals surface area (Å²) in [7, 11) is 0. The molecule has 6 rings (SSSR count). The molecule has 0 atom stereocenters. The average Bonchev–Trinajstić information content (AvgIpc) is 3.04. The highest BCUT2D eigenvalue weighted by Gasteiger charge is 2.22. The van der Waals surface area contributed by atoms with Gasteiger partial charge in [-0.1, -0.05) is 79.4 Å². The van der Waals surface area contributed by atoms with E-state index in [9.17, 15) is 0 Å². The molecule has 6 aromatic carbocycles. The van der Waals surface area contributed by atoms with Crippen LogP contribution in [0.3, 0.4) is 0 Å². The molecule has 9 heteroatoms. The molecule has 0 N–H and O–H groups in total. The quantitative estimate of drug-likeness (QED) is 0.147. The third-order valence-corrected chi connectivity index (χ3v) is 18.8. The van der Waals surface area contributed by atoms with Crippen LogP contribution in [-0.2, 0) is 0 Å². The van der Waals surface area contributed by atoms with E-state index in [0.717, 1.165) is 8.95 Å². The van der Waals surface area contributed by atoms with Crippen molar-refractivity contribution in [3.05, 3.63) is 194 Å². The second-order valence-corrected chi connectivity index (χ2v) is 23.7. The molecule has 0 spiro atoms. The Bertz CT molecular complexity index is 1890. The minimum Gasteiger partial charge on any atom is -1.00 e. The van der Waals surface area contributed by atoms with Crippen molar-refractivity contribution in [2.75, 3.05) is 0 Å². The van der Waals surface area contributed by atoms with Crippen molar-refractivity contribution in [1.82, 2.24) is 0 Å². The van der Waals surface area contributed by atoms with Gasteiger partial charge in [0.15, 0.2) is 21.4 Å². The van der Waals surface area contributed by atoms with Gasteiger partial charge in [-0.25, -0.2) is 0 Å². The molecule has 52 heavy (non-hydrogen) atoms. The number of rotatable bonds is 6. The summed E-state index contributed by atoms with van der Waals surface area (Å²) < 4.78 is 12.7. The van der Waals surface area contributed by atoms with E-state index in [0.29, 0.717) is 0 Å². The highest BCUT2D eigenvalue weighted by molar-refractivity contribution is 14.1. The van der Waals surface area contributed by atoms with Gasteiger partial charge in [-0.2, -0.15) is 0 Å². The first-order valence-corrected chi connectivity index (χ1v) is 24.9. The molecule has 0 aliphatic heterocycles. The molecule has 0 saturated heterocycles. The molecular weight excluding hydrogens is 1560 g/mol. The van der Waals surface area contributed by atoms with Crippen LogP contribution in [0.5, 0.6) is 0 Å². The van der Waals surface area contributed by atoms with Crippen LogP contribution in [-0.4, -0.2) is 0 Å². The summed E-state index contributed by atoms with van der Waals surface area (Å²) in [5, 5.41) is 0. The molecule has 0 amide bonds. The standard InChI is InChI=1S/C16H18I.C15H15I2.C12H8Br2I.3HI/c1-11-6-5-7-15(10-11)17-16-13(3)8-12(2)9-14(16)4;1-10-8-11(2)15(12(3)9-10)17-14-6-4-13(16)5-7-14;13-9-1-5-11(6-2-9)15-12-7-3-10(14)4-8-12;;;/h5-10H,1-4H3;4-9H,1-3H3;1-8H;3*1H/q3*+1;;;/p-3. The van der Waals surface area contributed by atoms with Gasteiger partial charge >= 0.3 is 63.6 Å². The van der Waals surface area contributed by atoms with Crippen molar-refractivity contribution in [2.24, 2.45) is 0 Å². The van der Waals surface area contributed by atoms with Gasteiger partial charge < -0.3 is 71.9 Å². The predicted octanol–water partition coefficient (Wildman–Crippen LogP) is -5.25. The predicted molar refractivity (Wildman–Crippen MR) is 212 cm³/mol. The van der Waals surface area contributed by atoms with Gasteiger partial charge in [0.25, 0.3) is 0 Å². The van der Waals surface area contributed by atoms with Gasteiger partial charge in [-0.05, 0) is 162 Å². The van der Waals surface area contributed by atoms with E-state index < -0.39 is 0 Å². The van der Waals surface area contributed by atoms with Crippen LogP contribution in [0.4, 0.5) is 0 Å². The zero-order chi connectivity index (χ0) is 35.5. The Morgan fingerprint density at radius 2 is 0.731 bits per heavy atom. The average molecular weight is 1610 g/mol. The molecule has 276 valence electrons. The molecule has 0 aliphatic rings. The van der Waals surface area contributed by atoms with E-state index in [1.807, 2.05) is 0 Å². The van der Waals surface area contributed by atoms with Gasteiger partial charge in [-0.3, -0.25) is 0 Å². The Balaban J connectivity index is 0.000000380. The van der Waals surface area contributed by atoms with Gasteiger partial charge in [0.05, 0.1) is 0 Å². The van der Waals surface area contributed by atoms with Crippen molar-refractivity contribution in [1.29, 1.82) is 0 Å². The lowest BCUT2D eigenvalue weighted by Crippen LogP contribution is -3.62. The van der Waals surface area contributed by atoms with Gasteiger partial charge in [0, 0.05) is 34.8 Å². The Hall–Kier alpha value is 1.39. The molecule has 0 nitrogen and oxygen atoms in total. The lowest BCUT2D eigenvalue weighted by Gasteiger charge is -2.01. The van der Waals surface area contributed by atoms with Crippen LogP contribution in [0, 0.1) is 73.5 Å². The fourth-order valence-electron chi connectivity index (χ4n) is 5.11. The Morgan fingerprint density at radius 3 is 1.12 bits per heavy atom. The monoisotopic (exact) mass is 1600 g/mol. The van der Waals surface area contributed by atoms with Crippen molar-refractivity contribution in [3.8, 4) is 0 Å². The highest BCUT2D eigenvalue weighted by atomic mass is 127. The number of hydrogen-bond acceptors (Lipinski definition) is 0. The molecular formula is C43H41Br2I7. The highest BCUT2D eigenvalue weighted by Crippen LogP contribution is 2.10. The summed E-state index contributed by atoms with van der Waals surface area (Å²) in [6.45, 7) is 15.5. The van der Waals surface area contributed by atoms with E-state index in [-0.39, 0.29) is 136 Å². The zero-order valence-electron chi connectivity index (χ0n) is 29.9. The molecule has 6 aromatic rings. The molecule has 0 aliphatic carbocycles. The van der Waals surface area contributed by atoms with Crippen LogP contribution in [0.15, 0.2) is 130 Å². The van der Waals surface area contributed by atoms with Crippen LogP contribution in [0.25, 0.3) is 0 Å². The molecule has 0 heterocycles.